The third kappa shape index (κ3) is 4.46. The second-order valence-electron chi connectivity index (χ2n) is 5.51. The predicted molar refractivity (Wildman–Crippen MR) is 93.3 cm³/mol. The lowest BCUT2D eigenvalue weighted by Gasteiger charge is -2.28. The van der Waals surface area contributed by atoms with Crippen molar-refractivity contribution in [1.82, 2.24) is 0 Å². The molecule has 0 unspecified atom stereocenters. The zero-order valence-corrected chi connectivity index (χ0v) is 14.7. The average Bonchev–Trinajstić information content (AvgIpc) is 2.65. The lowest BCUT2D eigenvalue weighted by Crippen LogP contribution is -2.50. The summed E-state index contributed by atoms with van der Waals surface area (Å²) < 4.78 is 49.4. The third-order valence-electron chi connectivity index (χ3n) is 3.74. The summed E-state index contributed by atoms with van der Waals surface area (Å²) in [5.74, 6) is -1.09. The number of aliphatic hydroxyl groups is 1. The molecule has 1 N–H and O–H groups in total. The van der Waals surface area contributed by atoms with Gasteiger partial charge in [-0.2, -0.15) is 13.2 Å². The third-order valence-corrected chi connectivity index (χ3v) is 3.74. The van der Waals surface area contributed by atoms with Gasteiger partial charge in [-0.3, -0.25) is 4.99 Å². The van der Waals surface area contributed by atoms with E-state index < -0.39 is 23.3 Å². The highest BCUT2D eigenvalue weighted by molar-refractivity contribution is 5.83. The van der Waals surface area contributed by atoms with Gasteiger partial charge in [0.1, 0.15) is 5.75 Å². The summed E-state index contributed by atoms with van der Waals surface area (Å²) in [5, 5.41) is 10.0. The molecule has 0 aliphatic rings. The van der Waals surface area contributed by atoms with Crippen molar-refractivity contribution >= 4 is 17.9 Å². The molecule has 0 amide bonds. The molecule has 0 radical (unpaired) electrons. The number of rotatable bonds is 6. The first-order valence-electron chi connectivity index (χ1n) is 7.97. The lowest BCUT2D eigenvalue weighted by molar-refractivity contribution is -0.267. The lowest BCUT2D eigenvalue weighted by atomic mass is 9.93. The molecule has 0 spiro atoms. The van der Waals surface area contributed by atoms with E-state index in [1.54, 1.807) is 31.4 Å². The van der Waals surface area contributed by atoms with Crippen LogP contribution in [0.3, 0.4) is 0 Å². The summed E-state index contributed by atoms with van der Waals surface area (Å²) in [6.45, 7) is 1.06. The highest BCUT2D eigenvalue weighted by Crippen LogP contribution is 2.40. The molecule has 2 aromatic carbocycles. The molecule has 144 valence electrons. The first-order valence-corrected chi connectivity index (χ1v) is 7.97. The Hall–Kier alpha value is -2.87. The van der Waals surface area contributed by atoms with Crippen molar-refractivity contribution in [3.8, 4) is 5.75 Å². The molecule has 1 atom stereocenters. The predicted octanol–water partition coefficient (Wildman–Crippen LogP) is 3.76. The SMILES string of the molecule is CCOC(=O)[C@](O)(c1ccc(N=Cc2ccc(OC)cc2)cc1)C(F)(F)F. The Morgan fingerprint density at radius 1 is 1.11 bits per heavy atom. The first kappa shape index (κ1) is 20.4. The van der Waals surface area contributed by atoms with E-state index in [4.69, 9.17) is 4.74 Å². The summed E-state index contributed by atoms with van der Waals surface area (Å²) >= 11 is 0. The summed E-state index contributed by atoms with van der Waals surface area (Å²) in [6, 6.07) is 11.5. The van der Waals surface area contributed by atoms with Crippen LogP contribution in [0.25, 0.3) is 0 Å². The fourth-order valence-corrected chi connectivity index (χ4v) is 2.26. The minimum Gasteiger partial charge on any atom is -0.497 e. The van der Waals surface area contributed by atoms with Gasteiger partial charge in [0.15, 0.2) is 0 Å². The average molecular weight is 381 g/mol. The molecule has 0 aliphatic heterocycles. The highest BCUT2D eigenvalue weighted by atomic mass is 19.4. The first-order chi connectivity index (χ1) is 12.7. The zero-order chi connectivity index (χ0) is 20.1. The molecular formula is C19H18F3NO4. The number of benzene rings is 2. The van der Waals surface area contributed by atoms with E-state index in [1.807, 2.05) is 0 Å². The number of hydrogen-bond donors (Lipinski definition) is 1. The Kier molecular flexibility index (Phi) is 6.22. The fourth-order valence-electron chi connectivity index (χ4n) is 2.26. The number of esters is 1. The fraction of sp³-hybridized carbons (Fsp3) is 0.263. The number of aliphatic imine (C=N–C) groups is 1. The Morgan fingerprint density at radius 2 is 1.70 bits per heavy atom. The van der Waals surface area contributed by atoms with Gasteiger partial charge in [0, 0.05) is 11.8 Å². The zero-order valence-electron chi connectivity index (χ0n) is 14.7. The molecule has 0 heterocycles. The number of ether oxygens (including phenoxy) is 2. The largest absolute Gasteiger partial charge is 0.497 e. The molecule has 0 aromatic heterocycles. The van der Waals surface area contributed by atoms with Gasteiger partial charge >= 0.3 is 12.1 Å². The van der Waals surface area contributed by atoms with E-state index in [1.165, 1.54) is 25.3 Å². The van der Waals surface area contributed by atoms with Gasteiger partial charge in [0.05, 0.1) is 19.4 Å². The van der Waals surface area contributed by atoms with E-state index in [-0.39, 0.29) is 6.61 Å². The number of methoxy groups -OCH3 is 1. The Morgan fingerprint density at radius 3 is 2.19 bits per heavy atom. The number of alkyl halides is 3. The van der Waals surface area contributed by atoms with Gasteiger partial charge in [0.2, 0.25) is 0 Å². The van der Waals surface area contributed by atoms with Crippen LogP contribution >= 0.6 is 0 Å². The minimum absolute atomic E-state index is 0.290. The van der Waals surface area contributed by atoms with Crippen molar-refractivity contribution < 1.29 is 32.5 Å². The van der Waals surface area contributed by atoms with Gasteiger partial charge in [-0.25, -0.2) is 4.79 Å². The van der Waals surface area contributed by atoms with E-state index in [0.29, 0.717) is 11.4 Å². The standard InChI is InChI=1S/C19H18F3NO4/c1-3-27-17(24)18(25,19(20,21)22)14-6-8-15(9-7-14)23-12-13-4-10-16(26-2)11-5-13/h4-12,25H,3H2,1-2H3/t18-/m1/s1. The van der Waals surface area contributed by atoms with Crippen molar-refractivity contribution in [1.29, 1.82) is 0 Å². The van der Waals surface area contributed by atoms with E-state index >= 15 is 0 Å². The van der Waals surface area contributed by atoms with E-state index in [2.05, 4.69) is 9.73 Å². The van der Waals surface area contributed by atoms with Crippen LogP contribution in [-0.4, -0.2) is 37.2 Å². The molecular weight excluding hydrogens is 363 g/mol. The van der Waals surface area contributed by atoms with Crippen LogP contribution in [0.4, 0.5) is 18.9 Å². The Labute approximate surface area is 154 Å². The quantitative estimate of drug-likeness (QED) is 0.611. The second kappa shape index (κ2) is 8.22. The topological polar surface area (TPSA) is 68.1 Å². The molecule has 8 heteroatoms. The molecule has 0 aliphatic carbocycles. The maximum absolute atomic E-state index is 13.3. The summed E-state index contributed by atoms with van der Waals surface area (Å²) in [6.07, 6.45) is -3.71. The van der Waals surface area contributed by atoms with Crippen LogP contribution in [0.2, 0.25) is 0 Å². The number of hydrogen-bond acceptors (Lipinski definition) is 5. The summed E-state index contributed by atoms with van der Waals surface area (Å²) in [7, 11) is 1.54. The van der Waals surface area contributed by atoms with Crippen molar-refractivity contribution in [2.24, 2.45) is 4.99 Å². The second-order valence-corrected chi connectivity index (χ2v) is 5.51. The van der Waals surface area contributed by atoms with Gasteiger partial charge < -0.3 is 14.6 Å². The number of carbonyl (C=O) groups is 1. The van der Waals surface area contributed by atoms with Gasteiger partial charge in [-0.15, -0.1) is 0 Å². The number of carbonyl (C=O) groups excluding carboxylic acids is 1. The van der Waals surface area contributed by atoms with Crippen molar-refractivity contribution in [3.05, 3.63) is 59.7 Å². The maximum Gasteiger partial charge on any atom is 0.432 e. The van der Waals surface area contributed by atoms with Crippen LogP contribution in [0.15, 0.2) is 53.5 Å². The normalized spacial score (nSPS) is 14.0. The monoisotopic (exact) mass is 381 g/mol. The molecule has 2 rings (SSSR count). The number of nitrogens with zero attached hydrogens (tertiary/aromatic N) is 1. The molecule has 0 saturated heterocycles. The van der Waals surface area contributed by atoms with Crippen LogP contribution in [0, 0.1) is 0 Å². The van der Waals surface area contributed by atoms with Gasteiger partial charge in [0.25, 0.3) is 5.60 Å². The molecule has 27 heavy (non-hydrogen) atoms. The van der Waals surface area contributed by atoms with Crippen LogP contribution in [0.1, 0.15) is 18.1 Å². The molecule has 0 bridgehead atoms. The molecule has 2 aromatic rings. The van der Waals surface area contributed by atoms with E-state index in [0.717, 1.165) is 17.7 Å². The van der Waals surface area contributed by atoms with Crippen molar-refractivity contribution in [2.45, 2.75) is 18.7 Å². The molecule has 0 saturated carbocycles. The molecule has 5 nitrogen and oxygen atoms in total. The van der Waals surface area contributed by atoms with Crippen LogP contribution in [0.5, 0.6) is 5.75 Å². The van der Waals surface area contributed by atoms with Crippen molar-refractivity contribution in [2.75, 3.05) is 13.7 Å². The summed E-state index contributed by atoms with van der Waals surface area (Å²) in [5.41, 5.74) is -3.26. The van der Waals surface area contributed by atoms with Crippen molar-refractivity contribution in [3.63, 3.8) is 0 Å². The summed E-state index contributed by atoms with van der Waals surface area (Å²) in [4.78, 5) is 15.9. The van der Waals surface area contributed by atoms with Gasteiger partial charge in [-0.1, -0.05) is 12.1 Å². The van der Waals surface area contributed by atoms with Crippen LogP contribution in [-0.2, 0) is 15.1 Å². The maximum atomic E-state index is 13.3. The Balaban J connectivity index is 2.25. The number of halogens is 3. The van der Waals surface area contributed by atoms with Gasteiger partial charge in [-0.05, 0) is 48.9 Å². The smallest absolute Gasteiger partial charge is 0.432 e. The minimum atomic E-state index is -5.23. The molecule has 0 fully saturated rings. The Bertz CT molecular complexity index is 801. The van der Waals surface area contributed by atoms with Crippen LogP contribution < -0.4 is 4.74 Å². The highest BCUT2D eigenvalue weighted by Gasteiger charge is 2.62. The van der Waals surface area contributed by atoms with E-state index in [9.17, 15) is 23.1 Å².